The molecule has 0 radical (unpaired) electrons. The summed E-state index contributed by atoms with van der Waals surface area (Å²) >= 11 is 0. The van der Waals surface area contributed by atoms with E-state index in [-0.39, 0.29) is 11.7 Å². The van der Waals surface area contributed by atoms with E-state index in [2.05, 4.69) is 36.2 Å². The standard InChI is InChI=1S/C30H31N3O4/c1-19(2)18-37-24-14-13-21(17-25(24)36-3)29-26-27(22-11-7-8-12-23(22)34)31-32-28(26)30(35)33(29)16-15-20-9-5-4-6-10-20/h4-14,17,19,29,34H,15-16,18H2,1-3H3,(H,31,32)/t29-/m1/s1. The van der Waals surface area contributed by atoms with Crippen LogP contribution in [0.4, 0.5) is 0 Å². The molecule has 1 aromatic heterocycles. The number of rotatable bonds is 9. The van der Waals surface area contributed by atoms with Gasteiger partial charge in [-0.3, -0.25) is 9.89 Å². The number of phenols is 1. The summed E-state index contributed by atoms with van der Waals surface area (Å²) in [7, 11) is 1.62. The second kappa shape index (κ2) is 10.4. The zero-order valence-corrected chi connectivity index (χ0v) is 21.3. The fourth-order valence-electron chi connectivity index (χ4n) is 4.78. The molecule has 0 spiro atoms. The van der Waals surface area contributed by atoms with Crippen LogP contribution >= 0.6 is 0 Å². The van der Waals surface area contributed by atoms with E-state index in [1.165, 1.54) is 0 Å². The van der Waals surface area contributed by atoms with Crippen molar-refractivity contribution in [3.63, 3.8) is 0 Å². The average Bonchev–Trinajstić information content (AvgIpc) is 3.45. The molecule has 5 rings (SSSR count). The van der Waals surface area contributed by atoms with Crippen molar-refractivity contribution >= 4 is 5.91 Å². The zero-order valence-electron chi connectivity index (χ0n) is 21.3. The lowest BCUT2D eigenvalue weighted by Gasteiger charge is -2.27. The van der Waals surface area contributed by atoms with Gasteiger partial charge >= 0.3 is 0 Å². The number of aromatic nitrogens is 2. The van der Waals surface area contributed by atoms with Crippen LogP contribution in [-0.4, -0.2) is 46.4 Å². The molecule has 0 saturated heterocycles. The number of nitrogens with zero attached hydrogens (tertiary/aromatic N) is 2. The van der Waals surface area contributed by atoms with Crippen molar-refractivity contribution in [1.29, 1.82) is 0 Å². The topological polar surface area (TPSA) is 87.7 Å². The monoisotopic (exact) mass is 497 g/mol. The Hall–Kier alpha value is -4.26. The quantitative estimate of drug-likeness (QED) is 0.314. The number of para-hydroxylation sites is 1. The minimum absolute atomic E-state index is 0.112. The van der Waals surface area contributed by atoms with Gasteiger partial charge in [0.15, 0.2) is 11.5 Å². The Labute approximate surface area is 216 Å². The number of nitrogens with one attached hydrogen (secondary N) is 1. The molecule has 7 heteroatoms. The molecule has 2 heterocycles. The SMILES string of the molecule is COc1cc([C@@H]2c3c(-c4ccccc4O)n[nH]c3C(=O)N2CCc2ccccc2)ccc1OCC(C)C. The number of amides is 1. The highest BCUT2D eigenvalue weighted by atomic mass is 16.5. The molecule has 4 aromatic rings. The van der Waals surface area contributed by atoms with Crippen molar-refractivity contribution in [3.8, 4) is 28.5 Å². The second-order valence-electron chi connectivity index (χ2n) is 9.63. The molecule has 0 aliphatic carbocycles. The number of H-pyrrole nitrogens is 1. The highest BCUT2D eigenvalue weighted by Gasteiger charge is 2.42. The van der Waals surface area contributed by atoms with Crippen LogP contribution in [0, 0.1) is 5.92 Å². The smallest absolute Gasteiger partial charge is 0.273 e. The first-order valence-corrected chi connectivity index (χ1v) is 12.5. The Morgan fingerprint density at radius 2 is 1.78 bits per heavy atom. The molecule has 0 bridgehead atoms. The number of carbonyl (C=O) groups is 1. The first-order chi connectivity index (χ1) is 18.0. The fraction of sp³-hybridized carbons (Fsp3) is 0.267. The van der Waals surface area contributed by atoms with Gasteiger partial charge in [-0.2, -0.15) is 5.10 Å². The van der Waals surface area contributed by atoms with E-state index in [1.807, 2.05) is 53.4 Å². The van der Waals surface area contributed by atoms with Gasteiger partial charge in [0.05, 0.1) is 19.8 Å². The maximum Gasteiger partial charge on any atom is 0.273 e. The second-order valence-corrected chi connectivity index (χ2v) is 9.63. The molecule has 1 aliphatic rings. The van der Waals surface area contributed by atoms with Crippen LogP contribution in [0.15, 0.2) is 72.8 Å². The minimum atomic E-state index is -0.410. The van der Waals surface area contributed by atoms with Crippen LogP contribution in [0.25, 0.3) is 11.3 Å². The highest BCUT2D eigenvalue weighted by molar-refractivity contribution is 6.00. The molecule has 1 amide bonds. The van der Waals surface area contributed by atoms with Crippen molar-refractivity contribution in [2.75, 3.05) is 20.3 Å². The van der Waals surface area contributed by atoms with Crippen LogP contribution in [0.1, 0.15) is 47.1 Å². The van der Waals surface area contributed by atoms with Gasteiger partial charge in [0, 0.05) is 17.7 Å². The molecule has 3 aromatic carbocycles. The predicted molar refractivity (Wildman–Crippen MR) is 142 cm³/mol. The lowest BCUT2D eigenvalue weighted by atomic mass is 9.95. The molecule has 1 aliphatic heterocycles. The van der Waals surface area contributed by atoms with Crippen molar-refractivity contribution in [2.24, 2.45) is 5.92 Å². The number of fused-ring (bicyclic) bond motifs is 1. The maximum atomic E-state index is 13.7. The van der Waals surface area contributed by atoms with E-state index in [0.29, 0.717) is 53.9 Å². The molecule has 7 nitrogen and oxygen atoms in total. The van der Waals surface area contributed by atoms with Crippen LogP contribution in [0.2, 0.25) is 0 Å². The molecule has 0 saturated carbocycles. The summed E-state index contributed by atoms with van der Waals surface area (Å²) in [6, 6.07) is 22.6. The molecule has 0 fully saturated rings. The first kappa shape index (κ1) is 24.4. The average molecular weight is 498 g/mol. The summed E-state index contributed by atoms with van der Waals surface area (Å²) in [5.74, 6) is 1.63. The maximum absolute atomic E-state index is 13.7. The van der Waals surface area contributed by atoms with E-state index in [0.717, 1.165) is 16.7 Å². The summed E-state index contributed by atoms with van der Waals surface area (Å²) in [6.45, 7) is 5.28. The summed E-state index contributed by atoms with van der Waals surface area (Å²) in [4.78, 5) is 15.5. The van der Waals surface area contributed by atoms with Gasteiger partial charge in [-0.05, 0) is 47.7 Å². The van der Waals surface area contributed by atoms with E-state index < -0.39 is 6.04 Å². The van der Waals surface area contributed by atoms with E-state index >= 15 is 0 Å². The summed E-state index contributed by atoms with van der Waals surface area (Å²) in [5, 5.41) is 18.0. The minimum Gasteiger partial charge on any atom is -0.507 e. The third kappa shape index (κ3) is 4.77. The number of phenolic OH excluding ortho intramolecular Hbond substituents is 1. The lowest BCUT2D eigenvalue weighted by Crippen LogP contribution is -2.31. The highest BCUT2D eigenvalue weighted by Crippen LogP contribution is 2.45. The number of hydrogen-bond donors (Lipinski definition) is 2. The van der Waals surface area contributed by atoms with Gasteiger partial charge in [0.1, 0.15) is 17.1 Å². The normalized spacial score (nSPS) is 14.8. The number of aromatic amines is 1. The van der Waals surface area contributed by atoms with E-state index in [9.17, 15) is 9.90 Å². The number of methoxy groups -OCH3 is 1. The van der Waals surface area contributed by atoms with E-state index in [1.54, 1.807) is 19.2 Å². The number of hydrogen-bond acceptors (Lipinski definition) is 5. The molecule has 37 heavy (non-hydrogen) atoms. The Kier molecular flexibility index (Phi) is 6.86. The van der Waals surface area contributed by atoms with Crippen molar-refractivity contribution < 1.29 is 19.4 Å². The van der Waals surface area contributed by atoms with Gasteiger partial charge in [-0.15, -0.1) is 0 Å². The molecular formula is C30H31N3O4. The number of aromatic hydroxyl groups is 1. The van der Waals surface area contributed by atoms with Crippen molar-refractivity contribution in [2.45, 2.75) is 26.3 Å². The third-order valence-electron chi connectivity index (χ3n) is 6.58. The van der Waals surface area contributed by atoms with Gasteiger partial charge in [-0.1, -0.05) is 62.4 Å². The summed E-state index contributed by atoms with van der Waals surface area (Å²) in [6.07, 6.45) is 0.708. The van der Waals surface area contributed by atoms with Crippen LogP contribution < -0.4 is 9.47 Å². The Morgan fingerprint density at radius 1 is 1.03 bits per heavy atom. The molecule has 190 valence electrons. The third-order valence-corrected chi connectivity index (χ3v) is 6.58. The number of benzene rings is 3. The van der Waals surface area contributed by atoms with Crippen LogP contribution in [0.3, 0.4) is 0 Å². The summed E-state index contributed by atoms with van der Waals surface area (Å²) < 4.78 is 11.6. The Bertz CT molecular complexity index is 1400. The largest absolute Gasteiger partial charge is 0.507 e. The Morgan fingerprint density at radius 3 is 2.51 bits per heavy atom. The molecule has 1 atom stereocenters. The van der Waals surface area contributed by atoms with Gasteiger partial charge in [0.25, 0.3) is 5.91 Å². The Balaban J connectivity index is 1.58. The molecule has 0 unspecified atom stereocenters. The van der Waals surface area contributed by atoms with Gasteiger partial charge in [-0.25, -0.2) is 0 Å². The van der Waals surface area contributed by atoms with Crippen molar-refractivity contribution in [3.05, 3.63) is 95.2 Å². The van der Waals surface area contributed by atoms with Gasteiger partial charge in [0.2, 0.25) is 0 Å². The van der Waals surface area contributed by atoms with Crippen molar-refractivity contribution in [1.82, 2.24) is 15.1 Å². The predicted octanol–water partition coefficient (Wildman–Crippen LogP) is 5.61. The van der Waals surface area contributed by atoms with Gasteiger partial charge < -0.3 is 19.5 Å². The first-order valence-electron chi connectivity index (χ1n) is 12.5. The number of ether oxygens (including phenoxy) is 2. The zero-order chi connectivity index (χ0) is 25.9. The lowest BCUT2D eigenvalue weighted by molar-refractivity contribution is 0.0745. The molecule has 2 N–H and O–H groups in total. The summed E-state index contributed by atoms with van der Waals surface area (Å²) in [5.41, 5.74) is 4.36. The number of carbonyl (C=O) groups excluding carboxylic acids is 1. The van der Waals surface area contributed by atoms with Crippen LogP contribution in [0.5, 0.6) is 17.2 Å². The van der Waals surface area contributed by atoms with E-state index in [4.69, 9.17) is 9.47 Å². The molecular weight excluding hydrogens is 466 g/mol. The van der Waals surface area contributed by atoms with Crippen LogP contribution in [-0.2, 0) is 6.42 Å². The fourth-order valence-corrected chi connectivity index (χ4v) is 4.78.